The summed E-state index contributed by atoms with van der Waals surface area (Å²) in [6.07, 6.45) is 72.5. The van der Waals surface area contributed by atoms with Crippen molar-refractivity contribution in [2.45, 2.75) is 428 Å². The maximum absolute atomic E-state index is 13.3. The van der Waals surface area contributed by atoms with Crippen molar-refractivity contribution in [1.29, 1.82) is 0 Å². The van der Waals surface area contributed by atoms with E-state index < -0.39 is 74.2 Å². The van der Waals surface area contributed by atoms with Crippen molar-refractivity contribution in [3.63, 3.8) is 0 Å². The third kappa shape index (κ3) is 51.5. The van der Waals surface area contributed by atoms with Gasteiger partial charge in [0.1, 0.15) is 36.6 Å². The molecule has 0 aromatic heterocycles. The largest absolute Gasteiger partial charge is 0.394 e. The number of allylic oxidation sites excluding steroid dienone is 6. The number of ether oxygens (including phenoxy) is 2. The highest BCUT2D eigenvalue weighted by Gasteiger charge is 2.44. The molecule has 1 fully saturated rings. The predicted molar refractivity (Wildman–Crippen MR) is 367 cm³/mol. The van der Waals surface area contributed by atoms with Crippen LogP contribution >= 0.6 is 0 Å². The summed E-state index contributed by atoms with van der Waals surface area (Å²) in [5.74, 6) is -0.704. The van der Waals surface area contributed by atoms with Crippen LogP contribution in [0.4, 0.5) is 0 Å². The first-order valence-corrected chi connectivity index (χ1v) is 37.9. The van der Waals surface area contributed by atoms with Gasteiger partial charge >= 0.3 is 0 Å². The Morgan fingerprint density at radius 1 is 0.391 bits per heavy atom. The van der Waals surface area contributed by atoms with Gasteiger partial charge in [0.25, 0.3) is 0 Å². The standard InChI is InChI=1S/C76H145NO10/c1-3-5-7-9-11-13-15-17-19-21-23-25-27-29-31-32-33-34-35-36-37-38-40-42-44-46-48-50-52-54-56-58-60-62-64-69(80)75(85)77-67(66-86-76-74(84)73(83)72(82)70(65-78)87-76)71(81)68(79)63-61-59-57-55-53-51-49-47-45-43-41-39-30-28-26-24-22-20-18-16-14-12-10-8-6-4-2/h32-33,47,49,55,57,67-74,76,78-84H,3-31,34-46,48,50-54,56,58-66H2,1-2H3,(H,77,85)/b33-32-,49-47+,57-55+. The van der Waals surface area contributed by atoms with Crippen molar-refractivity contribution in [2.24, 2.45) is 0 Å². The van der Waals surface area contributed by atoms with Crippen molar-refractivity contribution in [3.8, 4) is 0 Å². The van der Waals surface area contributed by atoms with E-state index in [2.05, 4.69) is 55.6 Å². The molecule has 11 heteroatoms. The Balaban J connectivity index is 2.17. The lowest BCUT2D eigenvalue weighted by molar-refractivity contribution is -0.303. The Morgan fingerprint density at radius 3 is 1.02 bits per heavy atom. The Labute approximate surface area is 537 Å². The van der Waals surface area contributed by atoms with Crippen LogP contribution < -0.4 is 5.32 Å². The maximum Gasteiger partial charge on any atom is 0.249 e. The molecule has 87 heavy (non-hydrogen) atoms. The van der Waals surface area contributed by atoms with E-state index in [4.69, 9.17) is 9.47 Å². The quantitative estimate of drug-likeness (QED) is 0.0215. The highest BCUT2D eigenvalue weighted by atomic mass is 16.7. The van der Waals surface area contributed by atoms with E-state index in [0.717, 1.165) is 38.5 Å². The van der Waals surface area contributed by atoms with Gasteiger partial charge in [-0.25, -0.2) is 0 Å². The van der Waals surface area contributed by atoms with Gasteiger partial charge in [-0.1, -0.05) is 333 Å². The number of aliphatic hydroxyl groups is 7. The number of hydrogen-bond acceptors (Lipinski definition) is 10. The summed E-state index contributed by atoms with van der Waals surface area (Å²) in [5, 5.41) is 76.6. The fraction of sp³-hybridized carbons (Fsp3) is 0.908. The van der Waals surface area contributed by atoms with Gasteiger partial charge in [-0.05, 0) is 77.0 Å². The summed E-state index contributed by atoms with van der Waals surface area (Å²) < 4.78 is 11.2. The third-order valence-electron chi connectivity index (χ3n) is 18.4. The smallest absolute Gasteiger partial charge is 0.249 e. The molecule has 9 atom stereocenters. The molecule has 11 nitrogen and oxygen atoms in total. The molecule has 0 spiro atoms. The summed E-state index contributed by atoms with van der Waals surface area (Å²) in [6, 6.07) is -1.19. The second-order valence-corrected chi connectivity index (χ2v) is 26.7. The van der Waals surface area contributed by atoms with Crippen LogP contribution in [-0.2, 0) is 14.3 Å². The molecule has 1 rings (SSSR count). The molecule has 1 amide bonds. The minimum absolute atomic E-state index is 0.248. The molecule has 514 valence electrons. The number of aliphatic hydroxyl groups excluding tert-OH is 7. The van der Waals surface area contributed by atoms with Crippen molar-refractivity contribution >= 4 is 5.91 Å². The van der Waals surface area contributed by atoms with E-state index in [9.17, 15) is 40.5 Å². The number of carbonyl (C=O) groups is 1. The van der Waals surface area contributed by atoms with E-state index in [0.29, 0.717) is 19.3 Å². The second kappa shape index (κ2) is 64.4. The molecule has 0 aromatic carbocycles. The molecule has 9 unspecified atom stereocenters. The monoisotopic (exact) mass is 1230 g/mol. The Hall–Kier alpha value is -1.67. The predicted octanol–water partition coefficient (Wildman–Crippen LogP) is 18.9. The molecular weight excluding hydrogens is 1090 g/mol. The fourth-order valence-electron chi connectivity index (χ4n) is 12.3. The average molecular weight is 1230 g/mol. The van der Waals surface area contributed by atoms with Gasteiger partial charge in [-0.3, -0.25) is 4.79 Å². The number of rotatable bonds is 67. The zero-order chi connectivity index (χ0) is 63.1. The van der Waals surface area contributed by atoms with E-state index in [1.54, 1.807) is 0 Å². The second-order valence-electron chi connectivity index (χ2n) is 26.7. The van der Waals surface area contributed by atoms with Crippen LogP contribution in [0.3, 0.4) is 0 Å². The zero-order valence-corrected chi connectivity index (χ0v) is 57.0. The number of unbranched alkanes of at least 4 members (excludes halogenated alkanes) is 49. The fourth-order valence-corrected chi connectivity index (χ4v) is 12.3. The molecule has 1 aliphatic heterocycles. The normalized spacial score (nSPS) is 18.8. The molecule has 0 saturated carbocycles. The van der Waals surface area contributed by atoms with Crippen molar-refractivity contribution < 1.29 is 50.0 Å². The van der Waals surface area contributed by atoms with Gasteiger partial charge in [0, 0.05) is 0 Å². The van der Waals surface area contributed by atoms with Crippen molar-refractivity contribution in [1.82, 2.24) is 5.32 Å². The lowest BCUT2D eigenvalue weighted by atomic mass is 9.98. The lowest BCUT2D eigenvalue weighted by Crippen LogP contribution is -2.60. The molecule has 8 N–H and O–H groups in total. The van der Waals surface area contributed by atoms with Gasteiger partial charge in [0.05, 0.1) is 25.4 Å². The molecule has 1 aliphatic rings. The van der Waals surface area contributed by atoms with Gasteiger partial charge in [-0.15, -0.1) is 0 Å². The van der Waals surface area contributed by atoms with Crippen LogP contribution in [0.2, 0.25) is 0 Å². The summed E-state index contributed by atoms with van der Waals surface area (Å²) >= 11 is 0. The Morgan fingerprint density at radius 2 is 0.690 bits per heavy atom. The van der Waals surface area contributed by atoms with E-state index in [1.807, 2.05) is 0 Å². The average Bonchev–Trinajstić information content (AvgIpc) is 1.97. The molecule has 0 bridgehead atoms. The highest BCUT2D eigenvalue weighted by molar-refractivity contribution is 5.80. The lowest BCUT2D eigenvalue weighted by Gasteiger charge is -2.40. The summed E-state index contributed by atoms with van der Waals surface area (Å²) in [6.45, 7) is 3.50. The first-order valence-electron chi connectivity index (χ1n) is 37.9. The first kappa shape index (κ1) is 83.3. The van der Waals surface area contributed by atoms with E-state index in [1.165, 1.54) is 289 Å². The highest BCUT2D eigenvalue weighted by Crippen LogP contribution is 2.24. The van der Waals surface area contributed by atoms with Crippen LogP contribution in [0.5, 0.6) is 0 Å². The summed E-state index contributed by atoms with van der Waals surface area (Å²) in [7, 11) is 0. The minimum Gasteiger partial charge on any atom is -0.394 e. The number of hydrogen-bond donors (Lipinski definition) is 8. The van der Waals surface area contributed by atoms with Gasteiger partial charge in [0.15, 0.2) is 6.29 Å². The molecule has 0 radical (unpaired) electrons. The Kier molecular flexibility index (Phi) is 61.7. The topological polar surface area (TPSA) is 189 Å². The van der Waals surface area contributed by atoms with Crippen LogP contribution in [0.15, 0.2) is 36.5 Å². The van der Waals surface area contributed by atoms with Crippen LogP contribution in [-0.4, -0.2) is 110 Å². The van der Waals surface area contributed by atoms with Gasteiger partial charge in [0.2, 0.25) is 5.91 Å². The first-order chi connectivity index (χ1) is 42.7. The van der Waals surface area contributed by atoms with Gasteiger partial charge in [-0.2, -0.15) is 0 Å². The van der Waals surface area contributed by atoms with Gasteiger partial charge < -0.3 is 50.5 Å². The van der Waals surface area contributed by atoms with E-state index in [-0.39, 0.29) is 12.8 Å². The minimum atomic E-state index is -1.67. The van der Waals surface area contributed by atoms with Crippen molar-refractivity contribution in [2.75, 3.05) is 13.2 Å². The zero-order valence-electron chi connectivity index (χ0n) is 57.0. The van der Waals surface area contributed by atoms with Crippen LogP contribution in [0.25, 0.3) is 0 Å². The third-order valence-corrected chi connectivity index (χ3v) is 18.4. The number of amides is 1. The SMILES string of the molecule is CCCCCCCCCCCCCCCC/C=C\CCCCCCCCCCCCCCCCCCC(O)C(=O)NC(COC1OC(CO)C(O)C(O)C1O)C(O)C(O)CCC/C=C/CC/C=C/CCCCCCCCCCCCCCCCCCC. The van der Waals surface area contributed by atoms with Crippen LogP contribution in [0, 0.1) is 0 Å². The molecule has 1 saturated heterocycles. The van der Waals surface area contributed by atoms with Crippen LogP contribution in [0.1, 0.15) is 373 Å². The molecular formula is C76H145NO10. The summed E-state index contributed by atoms with van der Waals surface area (Å²) in [4.78, 5) is 13.3. The van der Waals surface area contributed by atoms with Crippen molar-refractivity contribution in [3.05, 3.63) is 36.5 Å². The maximum atomic E-state index is 13.3. The summed E-state index contributed by atoms with van der Waals surface area (Å²) in [5.41, 5.74) is 0. The Bertz CT molecular complexity index is 1510. The molecule has 0 aromatic rings. The van der Waals surface area contributed by atoms with E-state index >= 15 is 0 Å². The molecule has 1 heterocycles. The molecule has 0 aliphatic carbocycles. The number of nitrogens with one attached hydrogen (secondary N) is 1. The number of carbonyl (C=O) groups excluding carboxylic acids is 1.